The van der Waals surface area contributed by atoms with Gasteiger partial charge in [0, 0.05) is 0 Å². The van der Waals surface area contributed by atoms with Gasteiger partial charge in [0.1, 0.15) is 0 Å². The van der Waals surface area contributed by atoms with E-state index in [-0.39, 0.29) is 5.72 Å². The van der Waals surface area contributed by atoms with E-state index in [4.69, 9.17) is 27.9 Å². The second-order valence-electron chi connectivity index (χ2n) is 13.0. The first kappa shape index (κ1) is 26.2. The van der Waals surface area contributed by atoms with Crippen molar-refractivity contribution in [3.05, 3.63) is 29.8 Å². The molecule has 0 saturated carbocycles. The Hall–Kier alpha value is -0.825. The first-order chi connectivity index (χ1) is 15.3. The standard InChI is InChI=1S/C25H41B3O6/c1-20(2)21(3,4)30-26(29-20)18-15-13-14-17(16-18)19(27-31-22(5,6)23(7,8)32-27)28-33-24(9,10)25(11,12)34-28/h13-16,19H,1-12H3. The predicted octanol–water partition coefficient (Wildman–Crippen LogP) is 4.33. The molecule has 0 unspecified atom stereocenters. The van der Waals surface area contributed by atoms with Gasteiger partial charge in [-0.3, -0.25) is 0 Å². The molecular weight excluding hydrogens is 429 g/mol. The van der Waals surface area contributed by atoms with E-state index < -0.39 is 55.0 Å². The summed E-state index contributed by atoms with van der Waals surface area (Å²) in [6.45, 7) is 24.8. The minimum absolute atomic E-state index is 0.301. The molecule has 34 heavy (non-hydrogen) atoms. The predicted molar refractivity (Wildman–Crippen MR) is 137 cm³/mol. The number of benzene rings is 1. The average Bonchev–Trinajstić information content (AvgIpc) is 3.10. The van der Waals surface area contributed by atoms with E-state index in [0.29, 0.717) is 0 Å². The van der Waals surface area contributed by atoms with Crippen molar-refractivity contribution < 1.29 is 27.9 Å². The molecule has 186 valence electrons. The lowest BCUT2D eigenvalue weighted by molar-refractivity contribution is 0.00578. The van der Waals surface area contributed by atoms with Gasteiger partial charge < -0.3 is 27.9 Å². The number of rotatable bonds is 4. The lowest BCUT2D eigenvalue weighted by Gasteiger charge is -2.32. The summed E-state index contributed by atoms with van der Waals surface area (Å²) in [6.07, 6.45) is 0. The molecule has 6 nitrogen and oxygen atoms in total. The van der Waals surface area contributed by atoms with E-state index in [1.807, 2.05) is 12.1 Å². The van der Waals surface area contributed by atoms with Crippen molar-refractivity contribution >= 4 is 26.8 Å². The van der Waals surface area contributed by atoms with E-state index in [2.05, 4.69) is 95.2 Å². The molecule has 3 saturated heterocycles. The van der Waals surface area contributed by atoms with Crippen molar-refractivity contribution in [2.75, 3.05) is 0 Å². The average molecular weight is 470 g/mol. The van der Waals surface area contributed by atoms with Crippen LogP contribution in [0.5, 0.6) is 0 Å². The topological polar surface area (TPSA) is 55.4 Å². The van der Waals surface area contributed by atoms with E-state index in [1.165, 1.54) is 0 Å². The lowest BCUT2D eigenvalue weighted by atomic mass is 9.48. The summed E-state index contributed by atoms with van der Waals surface area (Å²) in [4.78, 5) is 0. The minimum Gasteiger partial charge on any atom is -0.403 e. The van der Waals surface area contributed by atoms with Crippen molar-refractivity contribution in [2.24, 2.45) is 0 Å². The fourth-order valence-electron chi connectivity index (χ4n) is 4.41. The second-order valence-corrected chi connectivity index (χ2v) is 13.0. The fourth-order valence-corrected chi connectivity index (χ4v) is 4.41. The highest BCUT2D eigenvalue weighted by Gasteiger charge is 2.62. The van der Waals surface area contributed by atoms with E-state index in [9.17, 15) is 0 Å². The van der Waals surface area contributed by atoms with Crippen LogP contribution in [-0.4, -0.2) is 55.0 Å². The third-order valence-electron chi connectivity index (χ3n) is 8.95. The van der Waals surface area contributed by atoms with E-state index in [1.54, 1.807) is 0 Å². The normalized spacial score (nSPS) is 28.2. The minimum atomic E-state index is -0.534. The monoisotopic (exact) mass is 470 g/mol. The number of hydrogen-bond donors (Lipinski definition) is 0. The zero-order valence-corrected chi connectivity index (χ0v) is 23.1. The van der Waals surface area contributed by atoms with Crippen LogP contribution < -0.4 is 5.46 Å². The van der Waals surface area contributed by atoms with E-state index in [0.717, 1.165) is 11.0 Å². The molecule has 0 bridgehead atoms. The molecule has 0 atom stereocenters. The Morgan fingerprint density at radius 2 is 0.882 bits per heavy atom. The molecular formula is C25H41B3O6. The second kappa shape index (κ2) is 7.83. The molecule has 0 radical (unpaired) electrons. The molecule has 3 aliphatic rings. The third kappa shape index (κ3) is 4.20. The molecule has 4 rings (SSSR count). The van der Waals surface area contributed by atoms with Crippen molar-refractivity contribution in [2.45, 2.75) is 122 Å². The maximum Gasteiger partial charge on any atom is 0.494 e. The van der Waals surface area contributed by atoms with Gasteiger partial charge in [0.15, 0.2) is 0 Å². The van der Waals surface area contributed by atoms with Gasteiger partial charge in [0.05, 0.1) is 39.3 Å². The molecule has 3 aliphatic heterocycles. The summed E-state index contributed by atoms with van der Waals surface area (Å²) in [5.74, 6) is 0. The Labute approximate surface area is 207 Å². The maximum atomic E-state index is 6.52. The van der Waals surface area contributed by atoms with Gasteiger partial charge in [0.2, 0.25) is 0 Å². The van der Waals surface area contributed by atoms with Crippen molar-refractivity contribution in [3.63, 3.8) is 0 Å². The number of hydrogen-bond acceptors (Lipinski definition) is 6. The van der Waals surface area contributed by atoms with Gasteiger partial charge in [-0.15, -0.1) is 0 Å². The molecule has 0 aliphatic carbocycles. The third-order valence-corrected chi connectivity index (χ3v) is 8.95. The van der Waals surface area contributed by atoms with Crippen LogP contribution in [0.1, 0.15) is 94.4 Å². The van der Waals surface area contributed by atoms with Gasteiger partial charge in [-0.25, -0.2) is 0 Å². The van der Waals surface area contributed by atoms with Crippen LogP contribution in [0.25, 0.3) is 0 Å². The Morgan fingerprint density at radius 1 is 0.529 bits per heavy atom. The first-order valence-electron chi connectivity index (χ1n) is 12.5. The highest BCUT2D eigenvalue weighted by Crippen LogP contribution is 2.46. The Morgan fingerprint density at radius 3 is 1.26 bits per heavy atom. The Balaban J connectivity index is 1.72. The van der Waals surface area contributed by atoms with Crippen molar-refractivity contribution in [3.8, 4) is 0 Å². The molecule has 3 heterocycles. The molecule has 0 N–H and O–H groups in total. The zero-order chi connectivity index (χ0) is 25.5. The molecule has 0 aromatic heterocycles. The van der Waals surface area contributed by atoms with Crippen LogP contribution >= 0.6 is 0 Å². The van der Waals surface area contributed by atoms with Crippen LogP contribution in [0.4, 0.5) is 0 Å². The van der Waals surface area contributed by atoms with Gasteiger partial charge in [-0.1, -0.05) is 24.3 Å². The van der Waals surface area contributed by atoms with Gasteiger partial charge in [-0.05, 0) is 94.1 Å². The van der Waals surface area contributed by atoms with Crippen LogP contribution in [0.3, 0.4) is 0 Å². The quantitative estimate of drug-likeness (QED) is 0.612. The van der Waals surface area contributed by atoms with Crippen molar-refractivity contribution in [1.29, 1.82) is 0 Å². The summed E-state index contributed by atoms with van der Waals surface area (Å²) in [7, 11) is -1.52. The largest absolute Gasteiger partial charge is 0.494 e. The molecule has 1 aromatic rings. The van der Waals surface area contributed by atoms with Crippen LogP contribution in [0.15, 0.2) is 24.3 Å². The Bertz CT molecular complexity index is 858. The summed E-state index contributed by atoms with van der Waals surface area (Å²) >= 11 is 0. The highest BCUT2D eigenvalue weighted by atomic mass is 16.7. The fraction of sp³-hybridized carbons (Fsp3) is 0.760. The van der Waals surface area contributed by atoms with Crippen LogP contribution in [0, 0.1) is 0 Å². The zero-order valence-electron chi connectivity index (χ0n) is 23.1. The molecule has 9 heteroatoms. The lowest BCUT2D eigenvalue weighted by Crippen LogP contribution is -2.42. The van der Waals surface area contributed by atoms with Gasteiger partial charge in [0.25, 0.3) is 0 Å². The molecule has 1 aromatic carbocycles. The Kier molecular flexibility index (Phi) is 6.05. The van der Waals surface area contributed by atoms with Crippen molar-refractivity contribution in [1.82, 2.24) is 0 Å². The summed E-state index contributed by atoms with van der Waals surface area (Å²) in [5.41, 5.74) is -1.05. The first-order valence-corrected chi connectivity index (χ1v) is 12.5. The summed E-state index contributed by atoms with van der Waals surface area (Å²) in [5, 5.41) is 0. The summed E-state index contributed by atoms with van der Waals surface area (Å²) < 4.78 is 38.7. The smallest absolute Gasteiger partial charge is 0.403 e. The molecule has 3 fully saturated rings. The highest BCUT2D eigenvalue weighted by molar-refractivity contribution is 6.68. The molecule has 0 spiro atoms. The van der Waals surface area contributed by atoms with Crippen LogP contribution in [0.2, 0.25) is 0 Å². The maximum absolute atomic E-state index is 6.52. The SMILES string of the molecule is CC1(C)OB(c2cccc(C(B3OC(C)(C)C(C)(C)O3)B3OC(C)(C)C(C)(C)O3)c2)OC1(C)C. The van der Waals surface area contributed by atoms with Gasteiger partial charge in [-0.2, -0.15) is 0 Å². The van der Waals surface area contributed by atoms with E-state index >= 15 is 0 Å². The van der Waals surface area contributed by atoms with Gasteiger partial charge >= 0.3 is 21.4 Å². The summed E-state index contributed by atoms with van der Waals surface area (Å²) in [6, 6.07) is 8.26. The van der Waals surface area contributed by atoms with Crippen LogP contribution in [-0.2, 0) is 27.9 Å². The molecule has 0 amide bonds.